The highest BCUT2D eigenvalue weighted by atomic mass is 35.5. The van der Waals surface area contributed by atoms with Gasteiger partial charge in [-0.05, 0) is 12.1 Å². The molecule has 0 unspecified atom stereocenters. The molecule has 0 aliphatic heterocycles. The van der Waals surface area contributed by atoms with E-state index in [-0.39, 0.29) is 16.8 Å². The number of hydrogen-bond acceptors (Lipinski definition) is 5. The fraction of sp³-hybridized carbons (Fsp3) is 0. The summed E-state index contributed by atoms with van der Waals surface area (Å²) in [6.45, 7) is 0. The number of nitro groups is 1. The average Bonchev–Trinajstić information content (AvgIpc) is 2.32. The zero-order chi connectivity index (χ0) is 13.1. The first-order valence-electron chi connectivity index (χ1n) is 4.67. The van der Waals surface area contributed by atoms with E-state index in [1.807, 2.05) is 0 Å². The highest BCUT2D eigenvalue weighted by Gasteiger charge is 2.14. The number of halogens is 2. The lowest BCUT2D eigenvalue weighted by molar-refractivity contribution is -0.387. The normalized spacial score (nSPS) is 10.1. The van der Waals surface area contributed by atoms with Crippen LogP contribution in [-0.4, -0.2) is 15.1 Å². The van der Waals surface area contributed by atoms with Crippen molar-refractivity contribution < 1.29 is 14.1 Å². The molecule has 0 fully saturated rings. The first kappa shape index (κ1) is 12.2. The van der Waals surface area contributed by atoms with Crippen LogP contribution in [0.4, 0.5) is 10.1 Å². The van der Waals surface area contributed by atoms with Crippen LogP contribution >= 0.6 is 11.6 Å². The van der Waals surface area contributed by atoms with E-state index in [2.05, 4.69) is 10.2 Å². The van der Waals surface area contributed by atoms with Crippen LogP contribution < -0.4 is 4.74 Å². The molecular weight excluding hydrogens is 265 g/mol. The van der Waals surface area contributed by atoms with Crippen molar-refractivity contribution in [2.24, 2.45) is 0 Å². The third-order valence-corrected chi connectivity index (χ3v) is 2.15. The minimum atomic E-state index is -0.987. The molecule has 2 aromatic rings. The molecule has 0 radical (unpaired) electrons. The number of aromatic nitrogens is 2. The van der Waals surface area contributed by atoms with Crippen LogP contribution in [0.3, 0.4) is 0 Å². The fourth-order valence-electron chi connectivity index (χ4n) is 1.18. The van der Waals surface area contributed by atoms with Crippen molar-refractivity contribution in [3.8, 4) is 11.6 Å². The van der Waals surface area contributed by atoms with Gasteiger partial charge in [0.25, 0.3) is 0 Å². The molecule has 0 N–H and O–H groups in total. The van der Waals surface area contributed by atoms with Crippen LogP contribution in [-0.2, 0) is 0 Å². The lowest BCUT2D eigenvalue weighted by Crippen LogP contribution is -1.94. The maximum Gasteiger partial charge on any atom is 0.305 e. The molecule has 0 atom stereocenters. The molecule has 1 aromatic carbocycles. The Labute approximate surface area is 105 Å². The van der Waals surface area contributed by atoms with Crippen molar-refractivity contribution in [1.82, 2.24) is 10.2 Å². The fourth-order valence-corrected chi connectivity index (χ4v) is 1.28. The van der Waals surface area contributed by atoms with Crippen molar-refractivity contribution in [2.45, 2.75) is 0 Å². The summed E-state index contributed by atoms with van der Waals surface area (Å²) in [6.07, 6.45) is 0. The Bertz CT molecular complexity index is 591. The first-order valence-corrected chi connectivity index (χ1v) is 5.05. The minimum Gasteiger partial charge on any atom is -0.437 e. The average molecular weight is 270 g/mol. The Kier molecular flexibility index (Phi) is 3.33. The molecule has 0 saturated carbocycles. The minimum absolute atomic E-state index is 0.0784. The third-order valence-electron chi connectivity index (χ3n) is 1.95. The summed E-state index contributed by atoms with van der Waals surface area (Å²) >= 11 is 5.53. The number of rotatable bonds is 3. The van der Waals surface area contributed by atoms with Gasteiger partial charge in [-0.15, -0.1) is 10.2 Å². The lowest BCUT2D eigenvalue weighted by Gasteiger charge is -2.03. The quantitative estimate of drug-likeness (QED) is 0.632. The van der Waals surface area contributed by atoms with Crippen LogP contribution in [0.5, 0.6) is 11.6 Å². The molecule has 18 heavy (non-hydrogen) atoms. The van der Waals surface area contributed by atoms with Crippen LogP contribution in [0.1, 0.15) is 0 Å². The van der Waals surface area contributed by atoms with Gasteiger partial charge < -0.3 is 4.74 Å². The van der Waals surface area contributed by atoms with E-state index >= 15 is 0 Å². The Morgan fingerprint density at radius 1 is 1.28 bits per heavy atom. The van der Waals surface area contributed by atoms with E-state index in [4.69, 9.17) is 16.3 Å². The van der Waals surface area contributed by atoms with Crippen LogP contribution in [0.25, 0.3) is 0 Å². The smallest absolute Gasteiger partial charge is 0.305 e. The van der Waals surface area contributed by atoms with Gasteiger partial charge in [0.05, 0.1) is 4.92 Å². The largest absolute Gasteiger partial charge is 0.437 e. The maximum absolute atomic E-state index is 13.3. The van der Waals surface area contributed by atoms with E-state index in [9.17, 15) is 14.5 Å². The van der Waals surface area contributed by atoms with E-state index in [1.54, 1.807) is 0 Å². The molecule has 0 spiro atoms. The monoisotopic (exact) mass is 269 g/mol. The molecule has 0 aliphatic carbocycles. The van der Waals surface area contributed by atoms with Crippen molar-refractivity contribution in [3.05, 3.63) is 51.4 Å². The molecule has 92 valence electrons. The van der Waals surface area contributed by atoms with Gasteiger partial charge in [-0.25, -0.2) is 0 Å². The standard InChI is InChI=1S/C10H5ClFN3O3/c11-9-3-4-10(14-13-9)18-6-1-2-8(15(16)17)7(12)5-6/h1-5H. The van der Waals surface area contributed by atoms with Crippen molar-refractivity contribution in [1.29, 1.82) is 0 Å². The van der Waals surface area contributed by atoms with Gasteiger partial charge in [-0.1, -0.05) is 11.6 Å². The van der Waals surface area contributed by atoms with Gasteiger partial charge in [-0.2, -0.15) is 4.39 Å². The van der Waals surface area contributed by atoms with Crippen LogP contribution in [0, 0.1) is 15.9 Å². The molecule has 0 amide bonds. The second-order valence-electron chi connectivity index (χ2n) is 3.17. The Hall–Kier alpha value is -2.28. The third kappa shape index (κ3) is 2.69. The summed E-state index contributed by atoms with van der Waals surface area (Å²) in [6, 6.07) is 6.06. The summed E-state index contributed by atoms with van der Waals surface area (Å²) in [7, 11) is 0. The summed E-state index contributed by atoms with van der Waals surface area (Å²) in [4.78, 5) is 9.60. The van der Waals surface area contributed by atoms with Gasteiger partial charge in [0.2, 0.25) is 11.7 Å². The number of hydrogen-bond donors (Lipinski definition) is 0. The van der Waals surface area contributed by atoms with Crippen LogP contribution in [0.15, 0.2) is 30.3 Å². The van der Waals surface area contributed by atoms with Crippen molar-refractivity contribution in [2.75, 3.05) is 0 Å². The molecular formula is C10H5ClFN3O3. The van der Waals surface area contributed by atoms with Gasteiger partial charge in [-0.3, -0.25) is 10.1 Å². The Morgan fingerprint density at radius 3 is 2.61 bits per heavy atom. The van der Waals surface area contributed by atoms with Crippen LogP contribution in [0.2, 0.25) is 5.15 Å². The number of ether oxygens (including phenoxy) is 1. The predicted molar refractivity (Wildman–Crippen MR) is 60.2 cm³/mol. The molecule has 1 aromatic heterocycles. The van der Waals surface area contributed by atoms with Crippen molar-refractivity contribution >= 4 is 17.3 Å². The Balaban J connectivity index is 2.22. The topological polar surface area (TPSA) is 78.2 Å². The van der Waals surface area contributed by atoms with Gasteiger partial charge >= 0.3 is 5.69 Å². The zero-order valence-electron chi connectivity index (χ0n) is 8.71. The molecule has 8 heteroatoms. The molecule has 2 rings (SSSR count). The summed E-state index contributed by atoms with van der Waals surface area (Å²) in [5, 5.41) is 17.7. The maximum atomic E-state index is 13.3. The molecule has 0 saturated heterocycles. The van der Waals surface area contributed by atoms with Gasteiger partial charge in [0, 0.05) is 18.2 Å². The van der Waals surface area contributed by atoms with E-state index in [0.29, 0.717) is 0 Å². The first-order chi connectivity index (χ1) is 8.56. The van der Waals surface area contributed by atoms with E-state index in [0.717, 1.165) is 12.1 Å². The molecule has 0 bridgehead atoms. The summed E-state index contributed by atoms with van der Waals surface area (Å²) < 4.78 is 18.4. The van der Waals surface area contributed by atoms with Gasteiger partial charge in [0.15, 0.2) is 5.15 Å². The lowest BCUT2D eigenvalue weighted by atomic mass is 10.3. The number of nitrogens with zero attached hydrogens (tertiary/aromatic N) is 3. The highest BCUT2D eigenvalue weighted by molar-refractivity contribution is 6.29. The van der Waals surface area contributed by atoms with E-state index in [1.165, 1.54) is 18.2 Å². The number of benzene rings is 1. The highest BCUT2D eigenvalue weighted by Crippen LogP contribution is 2.25. The zero-order valence-corrected chi connectivity index (χ0v) is 9.46. The molecule has 0 aliphatic rings. The van der Waals surface area contributed by atoms with Gasteiger partial charge in [0.1, 0.15) is 5.75 Å². The predicted octanol–water partition coefficient (Wildman–Crippen LogP) is 2.97. The molecule has 6 nitrogen and oxygen atoms in total. The SMILES string of the molecule is O=[N+]([O-])c1ccc(Oc2ccc(Cl)nn2)cc1F. The second kappa shape index (κ2) is 4.92. The van der Waals surface area contributed by atoms with E-state index < -0.39 is 16.4 Å². The summed E-state index contributed by atoms with van der Waals surface area (Å²) in [5.41, 5.74) is -0.621. The second-order valence-corrected chi connectivity index (χ2v) is 3.55. The number of nitro benzene ring substituents is 1. The molecule has 1 heterocycles. The Morgan fingerprint density at radius 2 is 2.06 bits per heavy atom. The summed E-state index contributed by atoms with van der Waals surface area (Å²) in [5.74, 6) is -0.804. The van der Waals surface area contributed by atoms with Crippen molar-refractivity contribution in [3.63, 3.8) is 0 Å².